The summed E-state index contributed by atoms with van der Waals surface area (Å²) >= 11 is 2.91. The van der Waals surface area contributed by atoms with E-state index in [1.165, 1.54) is 11.3 Å². The first-order chi connectivity index (χ1) is 11.9. The number of sulfonamides is 1. The third kappa shape index (κ3) is 4.31. The van der Waals surface area contributed by atoms with Gasteiger partial charge in [0.2, 0.25) is 0 Å². The van der Waals surface area contributed by atoms with Crippen LogP contribution in [0.4, 0.5) is 0 Å². The van der Waals surface area contributed by atoms with Gasteiger partial charge in [-0.1, -0.05) is 12.8 Å². The first kappa shape index (κ1) is 19.0. The van der Waals surface area contributed by atoms with Crippen LogP contribution < -0.4 is 0 Å². The van der Waals surface area contributed by atoms with Crippen molar-refractivity contribution in [3.05, 3.63) is 22.5 Å². The Morgan fingerprint density at radius 2 is 1.92 bits per heavy atom. The highest BCUT2D eigenvalue weighted by molar-refractivity contribution is 7.91. The minimum absolute atomic E-state index is 0.136. The predicted octanol–water partition coefficient (Wildman–Crippen LogP) is 3.67. The van der Waals surface area contributed by atoms with E-state index in [-0.39, 0.29) is 6.04 Å². The molecule has 1 fully saturated rings. The van der Waals surface area contributed by atoms with Gasteiger partial charge in [0, 0.05) is 24.5 Å². The van der Waals surface area contributed by atoms with Crippen LogP contribution in [0.25, 0.3) is 10.6 Å². The van der Waals surface area contributed by atoms with E-state index >= 15 is 0 Å². The van der Waals surface area contributed by atoms with Gasteiger partial charge in [0.1, 0.15) is 4.21 Å². The second-order valence-corrected chi connectivity index (χ2v) is 11.0. The van der Waals surface area contributed by atoms with Crippen LogP contribution in [0, 0.1) is 6.92 Å². The summed E-state index contributed by atoms with van der Waals surface area (Å²) < 4.78 is 28.7. The number of hydrogen-bond acceptors (Lipinski definition) is 6. The summed E-state index contributed by atoms with van der Waals surface area (Å²) in [5.74, 6) is 0. The summed E-state index contributed by atoms with van der Waals surface area (Å²) in [5, 5.41) is 2.98. The van der Waals surface area contributed by atoms with Crippen molar-refractivity contribution in [1.82, 2.24) is 14.2 Å². The van der Waals surface area contributed by atoms with Crippen molar-refractivity contribution in [2.75, 3.05) is 27.2 Å². The molecule has 5 nitrogen and oxygen atoms in total. The van der Waals surface area contributed by atoms with Crippen molar-refractivity contribution >= 4 is 32.7 Å². The topological polar surface area (TPSA) is 53.5 Å². The summed E-state index contributed by atoms with van der Waals surface area (Å²) in [6.45, 7) is 3.24. The van der Waals surface area contributed by atoms with Crippen molar-refractivity contribution in [2.24, 2.45) is 0 Å². The Morgan fingerprint density at radius 1 is 1.20 bits per heavy atom. The molecule has 0 unspecified atom stereocenters. The van der Waals surface area contributed by atoms with Crippen LogP contribution in [-0.4, -0.2) is 55.8 Å². The van der Waals surface area contributed by atoms with E-state index in [4.69, 9.17) is 0 Å². The highest BCUT2D eigenvalue weighted by Gasteiger charge is 2.34. The Morgan fingerprint density at radius 3 is 2.52 bits per heavy atom. The number of thiazole rings is 1. The molecule has 2 aromatic rings. The monoisotopic (exact) mass is 399 g/mol. The quantitative estimate of drug-likeness (QED) is 0.713. The molecule has 2 heterocycles. The fourth-order valence-electron chi connectivity index (χ4n) is 3.18. The number of nitrogens with zero attached hydrogens (tertiary/aromatic N) is 3. The van der Waals surface area contributed by atoms with Gasteiger partial charge in [0.25, 0.3) is 10.0 Å². The number of aromatic nitrogens is 1. The van der Waals surface area contributed by atoms with Gasteiger partial charge in [-0.05, 0) is 46.0 Å². The van der Waals surface area contributed by atoms with E-state index in [0.29, 0.717) is 10.8 Å². The standard InChI is InChI=1S/C17H25N3O2S3/c1-13-18-15(12-23-13)16-8-9-17(24-16)25(21,22)20(11-10-19(2)3)14-6-4-5-7-14/h8-9,12,14H,4-7,10-11H2,1-3H3. The maximum Gasteiger partial charge on any atom is 0.252 e. The third-order valence-corrected chi connectivity index (χ3v) is 8.82. The summed E-state index contributed by atoms with van der Waals surface area (Å²) in [4.78, 5) is 7.43. The van der Waals surface area contributed by atoms with E-state index in [0.717, 1.165) is 47.8 Å². The molecule has 0 bridgehead atoms. The Labute approximate surface area is 158 Å². The van der Waals surface area contributed by atoms with Gasteiger partial charge >= 0.3 is 0 Å². The first-order valence-corrected chi connectivity index (χ1v) is 11.7. The zero-order valence-electron chi connectivity index (χ0n) is 14.9. The van der Waals surface area contributed by atoms with Crippen LogP contribution in [0.5, 0.6) is 0 Å². The Balaban J connectivity index is 1.87. The van der Waals surface area contributed by atoms with E-state index in [1.54, 1.807) is 21.7 Å². The average molecular weight is 400 g/mol. The van der Waals surface area contributed by atoms with E-state index in [1.807, 2.05) is 37.4 Å². The van der Waals surface area contributed by atoms with Gasteiger partial charge in [-0.25, -0.2) is 13.4 Å². The molecule has 0 aliphatic heterocycles. The Bertz CT molecular complexity index is 805. The van der Waals surface area contributed by atoms with Crippen molar-refractivity contribution in [3.63, 3.8) is 0 Å². The molecule has 2 aromatic heterocycles. The number of thiophene rings is 1. The van der Waals surface area contributed by atoms with Gasteiger partial charge in [0.15, 0.2) is 0 Å². The van der Waals surface area contributed by atoms with Gasteiger partial charge in [-0.15, -0.1) is 22.7 Å². The normalized spacial score (nSPS) is 16.4. The van der Waals surface area contributed by atoms with Crippen LogP contribution in [0.2, 0.25) is 0 Å². The second kappa shape index (κ2) is 7.84. The summed E-state index contributed by atoms with van der Waals surface area (Å²) in [7, 11) is 0.499. The van der Waals surface area contributed by atoms with Gasteiger partial charge < -0.3 is 4.90 Å². The molecule has 0 aromatic carbocycles. The molecule has 0 amide bonds. The SMILES string of the molecule is Cc1nc(-c2ccc(S(=O)(=O)N(CCN(C)C)C3CCCC3)s2)cs1. The van der Waals surface area contributed by atoms with Gasteiger partial charge in [-0.3, -0.25) is 0 Å². The molecule has 138 valence electrons. The number of aryl methyl sites for hydroxylation is 1. The first-order valence-electron chi connectivity index (χ1n) is 8.57. The Hall–Kier alpha value is -0.800. The molecule has 25 heavy (non-hydrogen) atoms. The lowest BCUT2D eigenvalue weighted by molar-refractivity contribution is 0.282. The minimum Gasteiger partial charge on any atom is -0.308 e. The van der Waals surface area contributed by atoms with Crippen molar-refractivity contribution in [1.29, 1.82) is 0 Å². The van der Waals surface area contributed by atoms with Crippen LogP contribution in [-0.2, 0) is 10.0 Å². The highest BCUT2D eigenvalue weighted by Crippen LogP contribution is 2.35. The molecule has 0 N–H and O–H groups in total. The molecular formula is C17H25N3O2S3. The van der Waals surface area contributed by atoms with E-state index in [9.17, 15) is 8.42 Å². The zero-order valence-corrected chi connectivity index (χ0v) is 17.4. The van der Waals surface area contributed by atoms with E-state index in [2.05, 4.69) is 4.98 Å². The molecule has 0 spiro atoms. The fraction of sp³-hybridized carbons (Fsp3) is 0.588. The highest BCUT2D eigenvalue weighted by atomic mass is 32.2. The fourth-order valence-corrected chi connectivity index (χ4v) is 6.94. The average Bonchev–Trinajstić information content (AvgIpc) is 3.27. The molecule has 8 heteroatoms. The third-order valence-electron chi connectivity index (χ3n) is 4.52. The molecule has 3 rings (SSSR count). The largest absolute Gasteiger partial charge is 0.308 e. The molecule has 0 atom stereocenters. The molecule has 1 aliphatic carbocycles. The molecule has 1 saturated carbocycles. The lowest BCUT2D eigenvalue weighted by Crippen LogP contribution is -2.42. The lowest BCUT2D eigenvalue weighted by Gasteiger charge is -2.28. The smallest absolute Gasteiger partial charge is 0.252 e. The minimum atomic E-state index is -3.46. The maximum absolute atomic E-state index is 13.3. The summed E-state index contributed by atoms with van der Waals surface area (Å²) in [5.41, 5.74) is 0.870. The van der Waals surface area contributed by atoms with Crippen molar-refractivity contribution in [3.8, 4) is 10.6 Å². The van der Waals surface area contributed by atoms with Crippen LogP contribution in [0.3, 0.4) is 0 Å². The van der Waals surface area contributed by atoms with Gasteiger partial charge in [0.05, 0.1) is 15.6 Å². The summed E-state index contributed by atoms with van der Waals surface area (Å²) in [6, 6.07) is 3.75. The van der Waals surface area contributed by atoms with Crippen molar-refractivity contribution in [2.45, 2.75) is 42.9 Å². The summed E-state index contributed by atoms with van der Waals surface area (Å²) in [6.07, 6.45) is 4.17. The molecule has 0 radical (unpaired) electrons. The van der Waals surface area contributed by atoms with Crippen LogP contribution in [0.15, 0.2) is 21.7 Å². The van der Waals surface area contributed by atoms with E-state index < -0.39 is 10.0 Å². The molecular weight excluding hydrogens is 374 g/mol. The number of rotatable bonds is 7. The van der Waals surface area contributed by atoms with Gasteiger partial charge in [-0.2, -0.15) is 4.31 Å². The number of likely N-dealkylation sites (N-methyl/N-ethyl adjacent to an activating group) is 1. The predicted molar refractivity (Wildman–Crippen MR) is 105 cm³/mol. The van der Waals surface area contributed by atoms with Crippen molar-refractivity contribution < 1.29 is 8.42 Å². The Kier molecular flexibility index (Phi) is 5.95. The lowest BCUT2D eigenvalue weighted by atomic mass is 10.2. The number of hydrogen-bond donors (Lipinski definition) is 0. The molecule has 0 saturated heterocycles. The molecule has 1 aliphatic rings. The maximum atomic E-state index is 13.3. The van der Waals surface area contributed by atoms with Crippen LogP contribution in [0.1, 0.15) is 30.7 Å². The second-order valence-electron chi connectivity index (χ2n) is 6.73. The van der Waals surface area contributed by atoms with Crippen LogP contribution >= 0.6 is 22.7 Å². The zero-order chi connectivity index (χ0) is 18.0.